The fourth-order valence-corrected chi connectivity index (χ4v) is 2.78. The zero-order chi connectivity index (χ0) is 17.3. The minimum absolute atomic E-state index is 0.164. The van der Waals surface area contributed by atoms with Gasteiger partial charge in [-0.15, -0.1) is 0 Å². The van der Waals surface area contributed by atoms with E-state index in [1.54, 1.807) is 0 Å². The first kappa shape index (κ1) is 17.1. The zero-order valence-corrected chi connectivity index (χ0v) is 13.4. The van der Waals surface area contributed by atoms with E-state index in [0.29, 0.717) is 18.1 Å². The van der Waals surface area contributed by atoms with E-state index >= 15 is 0 Å². The van der Waals surface area contributed by atoms with Gasteiger partial charge in [0.2, 0.25) is 0 Å². The molecule has 0 aliphatic carbocycles. The van der Waals surface area contributed by atoms with Gasteiger partial charge in [-0.05, 0) is 6.42 Å². The van der Waals surface area contributed by atoms with Gasteiger partial charge >= 0.3 is 0 Å². The molecule has 0 radical (unpaired) electrons. The monoisotopic (exact) mass is 341 g/mol. The summed E-state index contributed by atoms with van der Waals surface area (Å²) >= 11 is 0. The first-order valence-corrected chi connectivity index (χ1v) is 7.97. The zero-order valence-electron chi connectivity index (χ0n) is 13.4. The summed E-state index contributed by atoms with van der Waals surface area (Å²) in [4.78, 5) is 8.48. The third-order valence-electron chi connectivity index (χ3n) is 4.12. The minimum Gasteiger partial charge on any atom is -0.394 e. The first-order chi connectivity index (χ1) is 11.6. The van der Waals surface area contributed by atoms with E-state index in [9.17, 15) is 15.3 Å². The van der Waals surface area contributed by atoms with Crippen molar-refractivity contribution >= 4 is 11.8 Å². The van der Waals surface area contributed by atoms with Crippen LogP contribution in [0, 0.1) is 0 Å². The standard InChI is InChI=1S/C14H23N5O5/c1-2-3-4-23-12-8-11(17-14(15)18-12)19(6-16-8)13-10(22)9(21)7(5-20)24-13/h6-7,9-10,12-13,20-22H,2-5H2,1H3,(H3,15,17,18)/t7-,9-,10-,12?,13-/m1/s1. The van der Waals surface area contributed by atoms with Gasteiger partial charge in [-0.1, -0.05) is 13.3 Å². The molecule has 134 valence electrons. The Kier molecular flexibility index (Phi) is 5.01. The quantitative estimate of drug-likeness (QED) is 0.416. The van der Waals surface area contributed by atoms with Gasteiger partial charge in [-0.3, -0.25) is 4.57 Å². The number of ether oxygens (including phenoxy) is 2. The molecule has 0 aromatic carbocycles. The molecule has 10 heteroatoms. The normalized spacial score (nSPS) is 32.3. The summed E-state index contributed by atoms with van der Waals surface area (Å²) in [6.07, 6.45) is -1.45. The van der Waals surface area contributed by atoms with Gasteiger partial charge in [0.25, 0.3) is 0 Å². The number of aromatic nitrogens is 2. The van der Waals surface area contributed by atoms with Crippen LogP contribution in [-0.4, -0.2) is 62.4 Å². The van der Waals surface area contributed by atoms with Gasteiger partial charge in [-0.2, -0.15) is 0 Å². The summed E-state index contributed by atoms with van der Waals surface area (Å²) < 4.78 is 12.8. The molecule has 0 saturated carbocycles. The second kappa shape index (κ2) is 7.03. The minimum atomic E-state index is -1.21. The summed E-state index contributed by atoms with van der Waals surface area (Å²) in [6, 6.07) is 0. The van der Waals surface area contributed by atoms with E-state index < -0.39 is 37.4 Å². The van der Waals surface area contributed by atoms with Crippen LogP contribution in [0.3, 0.4) is 0 Å². The number of aliphatic imine (C=N–C) groups is 1. The maximum atomic E-state index is 10.2. The van der Waals surface area contributed by atoms with Crippen LogP contribution in [0.2, 0.25) is 0 Å². The molecule has 1 saturated heterocycles. The largest absolute Gasteiger partial charge is 0.394 e. The van der Waals surface area contributed by atoms with Crippen molar-refractivity contribution in [2.45, 2.75) is 50.5 Å². The van der Waals surface area contributed by atoms with E-state index in [4.69, 9.17) is 15.2 Å². The fourth-order valence-electron chi connectivity index (χ4n) is 2.78. The van der Waals surface area contributed by atoms with Crippen molar-refractivity contribution in [1.29, 1.82) is 0 Å². The molecule has 10 nitrogen and oxygen atoms in total. The van der Waals surface area contributed by atoms with Crippen molar-refractivity contribution < 1.29 is 24.8 Å². The van der Waals surface area contributed by atoms with E-state index in [0.717, 1.165) is 12.8 Å². The second-order valence-corrected chi connectivity index (χ2v) is 5.83. The number of guanidine groups is 1. The van der Waals surface area contributed by atoms with Crippen molar-refractivity contribution in [3.05, 3.63) is 12.0 Å². The fraction of sp³-hybridized carbons (Fsp3) is 0.714. The lowest BCUT2D eigenvalue weighted by Crippen LogP contribution is -2.34. The summed E-state index contributed by atoms with van der Waals surface area (Å²) in [5.74, 6) is 0.649. The van der Waals surface area contributed by atoms with Crippen molar-refractivity contribution in [3.63, 3.8) is 0 Å². The highest BCUT2D eigenvalue weighted by molar-refractivity contribution is 5.93. The van der Waals surface area contributed by atoms with Crippen molar-refractivity contribution in [2.24, 2.45) is 10.7 Å². The highest BCUT2D eigenvalue weighted by atomic mass is 16.6. The van der Waals surface area contributed by atoms with Crippen LogP contribution in [0.25, 0.3) is 0 Å². The maximum absolute atomic E-state index is 10.2. The smallest absolute Gasteiger partial charge is 0.198 e. The molecular weight excluding hydrogens is 318 g/mol. The van der Waals surface area contributed by atoms with Crippen LogP contribution in [0.1, 0.15) is 37.9 Å². The molecule has 1 aromatic heterocycles. The Balaban J connectivity index is 1.84. The average molecular weight is 341 g/mol. The van der Waals surface area contributed by atoms with Gasteiger partial charge in [-0.25, -0.2) is 9.98 Å². The average Bonchev–Trinajstić information content (AvgIpc) is 3.10. The molecule has 24 heavy (non-hydrogen) atoms. The Hall–Kier alpha value is -1.72. The number of nitrogens with zero attached hydrogens (tertiary/aromatic N) is 3. The number of aliphatic hydroxyl groups excluding tert-OH is 3. The van der Waals surface area contributed by atoms with Gasteiger partial charge < -0.3 is 35.8 Å². The predicted molar refractivity (Wildman–Crippen MR) is 84.1 cm³/mol. The molecular formula is C14H23N5O5. The topological polar surface area (TPSA) is 147 Å². The van der Waals surface area contributed by atoms with Crippen LogP contribution >= 0.6 is 0 Å². The molecule has 1 unspecified atom stereocenters. The lowest BCUT2D eigenvalue weighted by atomic mass is 10.1. The Morgan fingerprint density at radius 2 is 2.21 bits per heavy atom. The molecule has 1 fully saturated rings. The number of hydrogen-bond donors (Lipinski definition) is 5. The van der Waals surface area contributed by atoms with Gasteiger partial charge in [0.1, 0.15) is 29.8 Å². The summed E-state index contributed by atoms with van der Waals surface area (Å²) in [5.41, 5.74) is 6.34. The first-order valence-electron chi connectivity index (χ1n) is 7.97. The summed E-state index contributed by atoms with van der Waals surface area (Å²) in [6.45, 7) is 2.19. The third kappa shape index (κ3) is 2.98. The Labute approximate surface area is 138 Å². The van der Waals surface area contributed by atoms with Gasteiger partial charge in [0, 0.05) is 6.61 Å². The van der Waals surface area contributed by atoms with Crippen molar-refractivity contribution in [3.8, 4) is 0 Å². The SMILES string of the molecule is CCCCOC1N=C(N)Nc2c1ncn2[C@@H]1O[C@H](CO)[C@@H](O)[C@H]1O. The highest BCUT2D eigenvalue weighted by Crippen LogP contribution is 2.36. The summed E-state index contributed by atoms with van der Waals surface area (Å²) in [5, 5.41) is 32.2. The number of hydrogen-bond acceptors (Lipinski definition) is 9. The number of anilines is 1. The molecule has 0 bridgehead atoms. The lowest BCUT2D eigenvalue weighted by molar-refractivity contribution is -0.0519. The maximum Gasteiger partial charge on any atom is 0.198 e. The van der Waals surface area contributed by atoms with E-state index in [1.807, 2.05) is 0 Å². The lowest BCUT2D eigenvalue weighted by Gasteiger charge is -2.24. The molecule has 3 heterocycles. The highest BCUT2D eigenvalue weighted by Gasteiger charge is 2.44. The molecule has 6 N–H and O–H groups in total. The molecule has 5 atom stereocenters. The summed E-state index contributed by atoms with van der Waals surface area (Å²) in [7, 11) is 0. The number of fused-ring (bicyclic) bond motifs is 1. The van der Waals surface area contributed by atoms with E-state index in [1.165, 1.54) is 10.9 Å². The molecule has 0 spiro atoms. The number of nitrogens with one attached hydrogen (secondary N) is 1. The number of imidazole rings is 1. The van der Waals surface area contributed by atoms with E-state index in [2.05, 4.69) is 22.2 Å². The molecule has 2 aliphatic rings. The second-order valence-electron chi connectivity index (χ2n) is 5.83. The molecule has 1 aromatic rings. The Morgan fingerprint density at radius 1 is 1.42 bits per heavy atom. The molecule has 0 amide bonds. The van der Waals surface area contributed by atoms with Crippen LogP contribution in [0.4, 0.5) is 5.82 Å². The van der Waals surface area contributed by atoms with E-state index in [-0.39, 0.29) is 5.96 Å². The molecule has 3 rings (SSSR count). The number of rotatable bonds is 6. The number of nitrogens with two attached hydrogens (primary N) is 1. The van der Waals surface area contributed by atoms with Gasteiger partial charge in [0.15, 0.2) is 18.4 Å². The Bertz CT molecular complexity index is 606. The van der Waals surface area contributed by atoms with Crippen LogP contribution in [0.15, 0.2) is 11.3 Å². The predicted octanol–water partition coefficient (Wildman–Crippen LogP) is -0.950. The van der Waals surface area contributed by atoms with Crippen LogP contribution in [-0.2, 0) is 9.47 Å². The van der Waals surface area contributed by atoms with Crippen LogP contribution in [0.5, 0.6) is 0 Å². The van der Waals surface area contributed by atoms with Crippen molar-refractivity contribution in [1.82, 2.24) is 9.55 Å². The number of unbranched alkanes of at least 4 members (excludes halogenated alkanes) is 1. The van der Waals surface area contributed by atoms with Crippen molar-refractivity contribution in [2.75, 3.05) is 18.5 Å². The number of aliphatic hydroxyl groups is 3. The Morgan fingerprint density at radius 3 is 2.88 bits per heavy atom. The van der Waals surface area contributed by atoms with Gasteiger partial charge in [0.05, 0.1) is 12.9 Å². The molecule has 2 aliphatic heterocycles. The van der Waals surface area contributed by atoms with Crippen LogP contribution < -0.4 is 11.1 Å². The third-order valence-corrected chi connectivity index (χ3v) is 4.12.